The Balaban J connectivity index is 2.78. The smallest absolute Gasteiger partial charge is 0.323 e. The first-order valence-corrected chi connectivity index (χ1v) is 6.50. The van der Waals surface area contributed by atoms with Gasteiger partial charge in [0, 0.05) is 17.5 Å². The van der Waals surface area contributed by atoms with E-state index in [9.17, 15) is 9.59 Å². The third kappa shape index (κ3) is 3.98. The zero-order chi connectivity index (χ0) is 13.9. The molecule has 1 fully saturated rings. The summed E-state index contributed by atoms with van der Waals surface area (Å²) in [6.45, 7) is 5.33. The maximum absolute atomic E-state index is 12.4. The summed E-state index contributed by atoms with van der Waals surface area (Å²) in [5.74, 6) is -1.16. The molecule has 0 saturated heterocycles. The van der Waals surface area contributed by atoms with Gasteiger partial charge in [-0.3, -0.25) is 9.59 Å². The molecule has 2 unspecified atom stereocenters. The Morgan fingerprint density at radius 1 is 1.33 bits per heavy atom. The van der Waals surface area contributed by atoms with Gasteiger partial charge in [-0.2, -0.15) is 0 Å². The summed E-state index contributed by atoms with van der Waals surface area (Å²) in [6.07, 6.45) is 3.39. The van der Waals surface area contributed by atoms with Gasteiger partial charge in [-0.15, -0.1) is 0 Å². The van der Waals surface area contributed by atoms with E-state index in [0.29, 0.717) is 6.42 Å². The molecule has 0 bridgehead atoms. The Morgan fingerprint density at radius 3 is 2.39 bits per heavy atom. The van der Waals surface area contributed by atoms with Gasteiger partial charge in [0.15, 0.2) is 0 Å². The molecule has 1 saturated carbocycles. The molecule has 5 heteroatoms. The zero-order valence-electron chi connectivity index (χ0n) is 11.5. The Bertz CT molecular complexity index is 323. The van der Waals surface area contributed by atoms with E-state index < -0.39 is 11.5 Å². The third-order valence-corrected chi connectivity index (χ3v) is 3.43. The zero-order valence-corrected chi connectivity index (χ0v) is 11.5. The van der Waals surface area contributed by atoms with E-state index in [-0.39, 0.29) is 24.4 Å². The predicted molar refractivity (Wildman–Crippen MR) is 69.0 cm³/mol. The molecule has 18 heavy (non-hydrogen) atoms. The minimum absolute atomic E-state index is 0.0688. The lowest BCUT2D eigenvalue weighted by Crippen LogP contribution is -2.51. The van der Waals surface area contributed by atoms with Gasteiger partial charge < -0.3 is 15.7 Å². The molecular formula is C13H24N2O3. The van der Waals surface area contributed by atoms with E-state index >= 15 is 0 Å². The number of rotatable bonds is 3. The minimum atomic E-state index is -0.974. The van der Waals surface area contributed by atoms with Crippen LogP contribution in [0.2, 0.25) is 0 Å². The largest absolute Gasteiger partial charge is 0.480 e. The first kappa shape index (κ1) is 15.0. The molecule has 0 radical (unpaired) electrons. The molecule has 1 aliphatic carbocycles. The average Bonchev–Trinajstić information content (AvgIpc) is 2.23. The van der Waals surface area contributed by atoms with Crippen molar-refractivity contribution in [2.45, 2.75) is 58.0 Å². The highest BCUT2D eigenvalue weighted by molar-refractivity contribution is 5.83. The molecule has 1 aliphatic rings. The van der Waals surface area contributed by atoms with Gasteiger partial charge in [-0.05, 0) is 40.0 Å². The van der Waals surface area contributed by atoms with Crippen LogP contribution in [0, 0.1) is 5.92 Å². The highest BCUT2D eigenvalue weighted by Crippen LogP contribution is 2.27. The number of nitrogens with zero attached hydrogens (tertiary/aromatic N) is 1. The minimum Gasteiger partial charge on any atom is -0.480 e. The van der Waals surface area contributed by atoms with Crippen LogP contribution in [0.3, 0.4) is 0 Å². The second-order valence-corrected chi connectivity index (χ2v) is 6.11. The first-order chi connectivity index (χ1) is 8.21. The van der Waals surface area contributed by atoms with Gasteiger partial charge in [-0.25, -0.2) is 0 Å². The van der Waals surface area contributed by atoms with Gasteiger partial charge in [0.1, 0.15) is 6.54 Å². The summed E-state index contributed by atoms with van der Waals surface area (Å²) in [5.41, 5.74) is 5.41. The topological polar surface area (TPSA) is 83.6 Å². The average molecular weight is 256 g/mol. The van der Waals surface area contributed by atoms with Crippen molar-refractivity contribution >= 4 is 11.9 Å². The summed E-state index contributed by atoms with van der Waals surface area (Å²) in [5, 5.41) is 8.93. The molecular weight excluding hydrogens is 232 g/mol. The third-order valence-electron chi connectivity index (χ3n) is 3.43. The van der Waals surface area contributed by atoms with Crippen LogP contribution in [0.15, 0.2) is 0 Å². The lowest BCUT2D eigenvalue weighted by atomic mass is 9.84. The Hall–Kier alpha value is -1.10. The first-order valence-electron chi connectivity index (χ1n) is 6.50. The second kappa shape index (κ2) is 5.69. The van der Waals surface area contributed by atoms with Crippen molar-refractivity contribution in [1.29, 1.82) is 0 Å². The quantitative estimate of drug-likeness (QED) is 0.795. The van der Waals surface area contributed by atoms with E-state index in [1.54, 1.807) is 0 Å². The molecule has 0 aliphatic heterocycles. The van der Waals surface area contributed by atoms with Crippen LogP contribution >= 0.6 is 0 Å². The van der Waals surface area contributed by atoms with Gasteiger partial charge in [0.05, 0.1) is 0 Å². The molecule has 0 aromatic heterocycles. The van der Waals surface area contributed by atoms with Crippen molar-refractivity contribution in [3.8, 4) is 0 Å². The van der Waals surface area contributed by atoms with Crippen LogP contribution in [0.5, 0.6) is 0 Å². The van der Waals surface area contributed by atoms with Crippen LogP contribution in [0.25, 0.3) is 0 Å². The molecule has 0 aromatic carbocycles. The molecule has 104 valence electrons. The van der Waals surface area contributed by atoms with E-state index in [4.69, 9.17) is 10.8 Å². The number of amides is 1. The molecule has 5 nitrogen and oxygen atoms in total. The molecule has 2 atom stereocenters. The van der Waals surface area contributed by atoms with Crippen molar-refractivity contribution in [2.24, 2.45) is 11.7 Å². The van der Waals surface area contributed by atoms with Crippen LogP contribution in [0.4, 0.5) is 0 Å². The van der Waals surface area contributed by atoms with Gasteiger partial charge in [0.2, 0.25) is 5.91 Å². The standard InChI is InChI=1S/C13H24N2O3/c1-13(2,3)15(8-11(16)17)12(18)9-5-4-6-10(14)7-9/h9-10H,4-8,14H2,1-3H3,(H,16,17). The summed E-state index contributed by atoms with van der Waals surface area (Å²) >= 11 is 0. The van der Waals surface area contributed by atoms with Crippen molar-refractivity contribution in [2.75, 3.05) is 6.54 Å². The lowest BCUT2D eigenvalue weighted by molar-refractivity contribution is -0.151. The summed E-state index contributed by atoms with van der Waals surface area (Å²) < 4.78 is 0. The molecule has 0 spiro atoms. The van der Waals surface area contributed by atoms with E-state index in [1.165, 1.54) is 4.90 Å². The number of hydrogen-bond acceptors (Lipinski definition) is 3. The van der Waals surface area contributed by atoms with Crippen LogP contribution < -0.4 is 5.73 Å². The van der Waals surface area contributed by atoms with E-state index in [2.05, 4.69) is 0 Å². The van der Waals surface area contributed by atoms with Crippen LogP contribution in [0.1, 0.15) is 46.5 Å². The Labute approximate surface area is 108 Å². The van der Waals surface area contributed by atoms with Crippen LogP contribution in [-0.4, -0.2) is 40.0 Å². The number of hydrogen-bond donors (Lipinski definition) is 2. The van der Waals surface area contributed by atoms with Crippen molar-refractivity contribution in [3.63, 3.8) is 0 Å². The number of carboxylic acid groups (broad SMARTS) is 1. The number of carboxylic acids is 1. The highest BCUT2D eigenvalue weighted by Gasteiger charge is 2.35. The fourth-order valence-corrected chi connectivity index (χ4v) is 2.45. The fraction of sp³-hybridized carbons (Fsp3) is 0.846. The lowest BCUT2D eigenvalue weighted by Gasteiger charge is -2.38. The maximum Gasteiger partial charge on any atom is 0.323 e. The van der Waals surface area contributed by atoms with Gasteiger partial charge in [0.25, 0.3) is 0 Å². The normalized spacial score (nSPS) is 24.7. The van der Waals surface area contributed by atoms with Crippen molar-refractivity contribution in [1.82, 2.24) is 4.90 Å². The fourth-order valence-electron chi connectivity index (χ4n) is 2.45. The predicted octanol–water partition coefficient (Wildman–Crippen LogP) is 1.22. The van der Waals surface area contributed by atoms with Gasteiger partial charge >= 0.3 is 5.97 Å². The Kier molecular flexibility index (Phi) is 4.73. The van der Waals surface area contributed by atoms with E-state index in [0.717, 1.165) is 19.3 Å². The van der Waals surface area contributed by atoms with Crippen molar-refractivity contribution < 1.29 is 14.7 Å². The Morgan fingerprint density at radius 2 is 1.94 bits per heavy atom. The number of carbonyl (C=O) groups is 2. The number of nitrogens with two attached hydrogens (primary N) is 1. The maximum atomic E-state index is 12.4. The number of carbonyl (C=O) groups excluding carboxylic acids is 1. The highest BCUT2D eigenvalue weighted by atomic mass is 16.4. The van der Waals surface area contributed by atoms with Crippen molar-refractivity contribution in [3.05, 3.63) is 0 Å². The molecule has 1 amide bonds. The molecule has 0 aromatic rings. The number of aliphatic carboxylic acids is 1. The summed E-state index contributed by atoms with van der Waals surface area (Å²) in [7, 11) is 0. The van der Waals surface area contributed by atoms with Crippen LogP contribution in [-0.2, 0) is 9.59 Å². The molecule has 1 rings (SSSR count). The molecule has 3 N–H and O–H groups in total. The summed E-state index contributed by atoms with van der Waals surface area (Å²) in [4.78, 5) is 24.8. The van der Waals surface area contributed by atoms with E-state index in [1.807, 2.05) is 20.8 Å². The van der Waals surface area contributed by atoms with Gasteiger partial charge in [-0.1, -0.05) is 6.42 Å². The SMILES string of the molecule is CC(C)(C)N(CC(=O)O)C(=O)C1CCCC(N)C1. The second-order valence-electron chi connectivity index (χ2n) is 6.11. The molecule has 0 heterocycles. The monoisotopic (exact) mass is 256 g/mol. The summed E-state index contributed by atoms with van der Waals surface area (Å²) in [6, 6.07) is 0.0688.